The Bertz CT molecular complexity index is 980. The zero-order valence-electron chi connectivity index (χ0n) is 17.0. The summed E-state index contributed by atoms with van der Waals surface area (Å²) >= 11 is 0. The van der Waals surface area contributed by atoms with Crippen molar-refractivity contribution < 1.29 is 9.18 Å². The van der Waals surface area contributed by atoms with E-state index in [1.165, 1.54) is 12.1 Å². The molecule has 1 aliphatic heterocycles. The van der Waals surface area contributed by atoms with Gasteiger partial charge < -0.3 is 10.6 Å². The molecule has 9 heteroatoms. The number of amides is 1. The maximum absolute atomic E-state index is 13.4. The second kappa shape index (κ2) is 8.97. The molecule has 2 aromatic heterocycles. The Labute approximate surface area is 181 Å². The third-order valence-electron chi connectivity index (χ3n) is 5.73. The molecule has 0 radical (unpaired) electrons. The van der Waals surface area contributed by atoms with Crippen LogP contribution >= 0.6 is 12.4 Å². The van der Waals surface area contributed by atoms with Crippen LogP contribution in [0.4, 0.5) is 4.39 Å². The fourth-order valence-electron chi connectivity index (χ4n) is 4.02. The first-order valence-electron chi connectivity index (χ1n) is 9.83. The van der Waals surface area contributed by atoms with Gasteiger partial charge in [-0.3, -0.25) is 9.48 Å². The highest BCUT2D eigenvalue weighted by Gasteiger charge is 2.42. The van der Waals surface area contributed by atoms with Gasteiger partial charge in [0.05, 0.1) is 17.9 Å². The second-order valence-electron chi connectivity index (χ2n) is 7.50. The molecule has 1 amide bonds. The summed E-state index contributed by atoms with van der Waals surface area (Å²) in [4.78, 5) is 13.4. The molecule has 160 valence electrons. The minimum Gasteiger partial charge on any atom is -0.347 e. The fraction of sp³-hybridized carbons (Fsp3) is 0.381. The number of nitrogens with zero attached hydrogens (tertiary/aromatic N) is 4. The predicted molar refractivity (Wildman–Crippen MR) is 114 cm³/mol. The first kappa shape index (κ1) is 22.0. The molecule has 0 bridgehead atoms. The Morgan fingerprint density at radius 1 is 1.23 bits per heavy atom. The first-order chi connectivity index (χ1) is 14.0. The van der Waals surface area contributed by atoms with Crippen LogP contribution in [0.15, 0.2) is 48.9 Å². The lowest BCUT2D eigenvalue weighted by Crippen LogP contribution is -2.55. The zero-order chi connectivity index (χ0) is 20.4. The van der Waals surface area contributed by atoms with Gasteiger partial charge in [-0.05, 0) is 70.1 Å². The first-order valence-corrected chi connectivity index (χ1v) is 9.83. The number of hydrogen-bond donors (Lipinski definition) is 2. The Kier molecular flexibility index (Phi) is 6.58. The van der Waals surface area contributed by atoms with Gasteiger partial charge in [0.15, 0.2) is 0 Å². The molecule has 7 nitrogen and oxygen atoms in total. The van der Waals surface area contributed by atoms with Crippen molar-refractivity contribution in [2.75, 3.05) is 13.1 Å². The summed E-state index contributed by atoms with van der Waals surface area (Å²) in [6.07, 6.45) is 6.68. The van der Waals surface area contributed by atoms with Crippen molar-refractivity contribution in [3.63, 3.8) is 0 Å². The van der Waals surface area contributed by atoms with E-state index in [9.17, 15) is 9.18 Å². The van der Waals surface area contributed by atoms with Crippen LogP contribution in [0.2, 0.25) is 0 Å². The van der Waals surface area contributed by atoms with Gasteiger partial charge in [-0.2, -0.15) is 10.2 Å². The third kappa shape index (κ3) is 3.97. The van der Waals surface area contributed by atoms with Gasteiger partial charge in [-0.25, -0.2) is 9.07 Å². The van der Waals surface area contributed by atoms with Gasteiger partial charge in [0.2, 0.25) is 5.91 Å². The molecular weight excluding hydrogens is 407 g/mol. The normalized spacial score (nSPS) is 16.5. The summed E-state index contributed by atoms with van der Waals surface area (Å²) in [6, 6.07) is 7.81. The molecule has 3 heterocycles. The van der Waals surface area contributed by atoms with Crippen molar-refractivity contribution in [1.82, 2.24) is 30.2 Å². The quantitative estimate of drug-likeness (QED) is 0.650. The van der Waals surface area contributed by atoms with Gasteiger partial charge in [0.25, 0.3) is 0 Å². The summed E-state index contributed by atoms with van der Waals surface area (Å²) in [6.45, 7) is 5.43. The highest BCUT2D eigenvalue weighted by Crippen LogP contribution is 2.29. The van der Waals surface area contributed by atoms with Gasteiger partial charge in [0, 0.05) is 23.7 Å². The van der Waals surface area contributed by atoms with E-state index in [0.29, 0.717) is 12.8 Å². The number of piperidine rings is 1. The fourth-order valence-corrected chi connectivity index (χ4v) is 4.02. The number of benzene rings is 1. The number of nitrogens with one attached hydrogen (secondary N) is 2. The molecule has 0 spiro atoms. The molecule has 3 aromatic rings. The lowest BCUT2D eigenvalue weighted by molar-refractivity contribution is -0.132. The van der Waals surface area contributed by atoms with Crippen molar-refractivity contribution in [2.24, 2.45) is 0 Å². The van der Waals surface area contributed by atoms with Crippen LogP contribution in [0, 0.1) is 12.7 Å². The lowest BCUT2D eigenvalue weighted by atomic mass is 9.87. The molecule has 1 aliphatic rings. The van der Waals surface area contributed by atoms with E-state index in [2.05, 4.69) is 20.8 Å². The third-order valence-corrected chi connectivity index (χ3v) is 5.73. The Morgan fingerprint density at radius 3 is 2.57 bits per heavy atom. The topological polar surface area (TPSA) is 76.8 Å². The molecule has 0 aliphatic carbocycles. The molecule has 1 saturated heterocycles. The minimum absolute atomic E-state index is 0. The lowest BCUT2D eigenvalue weighted by Gasteiger charge is -2.37. The van der Waals surface area contributed by atoms with E-state index in [-0.39, 0.29) is 30.2 Å². The Balaban J connectivity index is 0.00000256. The van der Waals surface area contributed by atoms with E-state index in [4.69, 9.17) is 0 Å². The monoisotopic (exact) mass is 432 g/mol. The molecule has 1 unspecified atom stereocenters. The number of rotatable bonds is 5. The standard InChI is InChI=1S/C21H25FN6O.ClH/c1-15(19-14-25-28(16(19)2)18-6-4-17(22)5-7-18)26-20(29)21(8-11-23-12-9-21)27-13-3-10-24-27;/h3-7,10,13-15,23H,8-9,11-12H2,1-2H3,(H,26,29);1H. The Hall–Kier alpha value is -2.71. The number of hydrogen-bond acceptors (Lipinski definition) is 4. The number of halogens is 2. The number of carbonyl (C=O) groups is 1. The highest BCUT2D eigenvalue weighted by atomic mass is 35.5. The Morgan fingerprint density at radius 2 is 1.93 bits per heavy atom. The van der Waals surface area contributed by atoms with E-state index in [1.807, 2.05) is 26.1 Å². The average Bonchev–Trinajstić information content (AvgIpc) is 3.39. The largest absolute Gasteiger partial charge is 0.347 e. The van der Waals surface area contributed by atoms with Crippen molar-refractivity contribution in [2.45, 2.75) is 38.3 Å². The molecule has 1 fully saturated rings. The van der Waals surface area contributed by atoms with Crippen LogP contribution in [-0.4, -0.2) is 38.6 Å². The number of carbonyl (C=O) groups excluding carboxylic acids is 1. The van der Waals surface area contributed by atoms with Crippen LogP contribution in [0.3, 0.4) is 0 Å². The van der Waals surface area contributed by atoms with Crippen LogP contribution < -0.4 is 10.6 Å². The molecule has 2 N–H and O–H groups in total. The van der Waals surface area contributed by atoms with Crippen LogP contribution in [0.5, 0.6) is 0 Å². The summed E-state index contributed by atoms with van der Waals surface area (Å²) in [5, 5.41) is 15.3. The summed E-state index contributed by atoms with van der Waals surface area (Å²) in [5.74, 6) is -0.325. The molecule has 4 rings (SSSR count). The van der Waals surface area contributed by atoms with Gasteiger partial charge >= 0.3 is 0 Å². The smallest absolute Gasteiger partial charge is 0.248 e. The molecule has 1 aromatic carbocycles. The number of aromatic nitrogens is 4. The van der Waals surface area contributed by atoms with Gasteiger partial charge in [-0.1, -0.05) is 0 Å². The maximum atomic E-state index is 13.4. The molecule has 1 atom stereocenters. The van der Waals surface area contributed by atoms with Gasteiger partial charge in [0.1, 0.15) is 11.4 Å². The van der Waals surface area contributed by atoms with E-state index >= 15 is 0 Å². The van der Waals surface area contributed by atoms with Crippen molar-refractivity contribution >= 4 is 18.3 Å². The summed E-state index contributed by atoms with van der Waals surface area (Å²) < 4.78 is 16.8. The van der Waals surface area contributed by atoms with Crippen LogP contribution in [0.1, 0.15) is 37.1 Å². The summed E-state index contributed by atoms with van der Waals surface area (Å²) in [7, 11) is 0. The molecule has 0 saturated carbocycles. The zero-order valence-corrected chi connectivity index (χ0v) is 17.8. The molecular formula is C21H26ClFN6O. The minimum atomic E-state index is -0.691. The highest BCUT2D eigenvalue weighted by molar-refractivity contribution is 5.85. The summed E-state index contributed by atoms with van der Waals surface area (Å²) in [5.41, 5.74) is 1.92. The predicted octanol–water partition coefficient (Wildman–Crippen LogP) is 2.89. The van der Waals surface area contributed by atoms with Crippen molar-refractivity contribution in [1.29, 1.82) is 0 Å². The average molecular weight is 433 g/mol. The second-order valence-corrected chi connectivity index (χ2v) is 7.50. The van der Waals surface area contributed by atoms with E-state index < -0.39 is 5.54 Å². The van der Waals surface area contributed by atoms with E-state index in [1.54, 1.807) is 33.9 Å². The molecule has 30 heavy (non-hydrogen) atoms. The van der Waals surface area contributed by atoms with E-state index in [0.717, 1.165) is 30.0 Å². The van der Waals surface area contributed by atoms with Crippen molar-refractivity contribution in [3.05, 3.63) is 66.0 Å². The van der Waals surface area contributed by atoms with Crippen LogP contribution in [-0.2, 0) is 10.3 Å². The van der Waals surface area contributed by atoms with Crippen molar-refractivity contribution in [3.8, 4) is 5.69 Å². The maximum Gasteiger partial charge on any atom is 0.248 e. The van der Waals surface area contributed by atoms with Crippen LogP contribution in [0.25, 0.3) is 5.69 Å². The SMILES string of the molecule is Cc1c(C(C)NC(=O)C2(n3cccn3)CCNCC2)cnn1-c1ccc(F)cc1.Cl. The van der Waals surface area contributed by atoms with Gasteiger partial charge in [-0.15, -0.1) is 12.4 Å².